The van der Waals surface area contributed by atoms with Crippen LogP contribution in [-0.4, -0.2) is 19.5 Å². The van der Waals surface area contributed by atoms with Crippen molar-refractivity contribution < 1.29 is 4.39 Å². The lowest BCUT2D eigenvalue weighted by Crippen LogP contribution is -1.99. The Labute approximate surface area is 164 Å². The molecule has 0 atom stereocenters. The second-order valence-electron chi connectivity index (χ2n) is 6.45. The third-order valence-corrected chi connectivity index (χ3v) is 4.86. The van der Waals surface area contributed by atoms with E-state index in [0.717, 1.165) is 16.5 Å². The Morgan fingerprint density at radius 1 is 0.966 bits per heavy atom. The fraction of sp³-hybridized carbons (Fsp3) is 0. The van der Waals surface area contributed by atoms with Crippen LogP contribution in [0.25, 0.3) is 39.0 Å². The Hall–Kier alpha value is -4.49. The maximum Gasteiger partial charge on any atom is 0.166 e. The van der Waals surface area contributed by atoms with Crippen molar-refractivity contribution >= 4 is 22.1 Å². The Balaban J connectivity index is 1.87. The Bertz CT molecular complexity index is 1480. The molecule has 5 rings (SSSR count). The van der Waals surface area contributed by atoms with Gasteiger partial charge in [0.15, 0.2) is 5.65 Å². The molecule has 0 radical (unpaired) electrons. The van der Waals surface area contributed by atoms with Gasteiger partial charge in [0.1, 0.15) is 35.4 Å². The lowest BCUT2D eigenvalue weighted by Gasteiger charge is -2.08. The van der Waals surface area contributed by atoms with Gasteiger partial charge in [0, 0.05) is 28.4 Å². The number of fused-ring (bicyclic) bond motifs is 2. The zero-order chi connectivity index (χ0) is 20.0. The summed E-state index contributed by atoms with van der Waals surface area (Å²) in [5.74, 6) is -0.352. The molecule has 0 aliphatic rings. The first-order chi connectivity index (χ1) is 14.2. The Kier molecular flexibility index (Phi) is 3.62. The zero-order valence-corrected chi connectivity index (χ0v) is 14.9. The number of benzene rings is 2. The largest absolute Gasteiger partial charge is 0.360 e. The van der Waals surface area contributed by atoms with Gasteiger partial charge in [0.05, 0.1) is 11.3 Å². The average Bonchev–Trinajstić information content (AvgIpc) is 3.37. The van der Waals surface area contributed by atoms with E-state index in [0.29, 0.717) is 22.5 Å². The highest BCUT2D eigenvalue weighted by atomic mass is 19.1. The van der Waals surface area contributed by atoms with Crippen molar-refractivity contribution in [1.82, 2.24) is 19.5 Å². The molecular formula is C22H11FN6. The number of H-pyrrole nitrogens is 1. The summed E-state index contributed by atoms with van der Waals surface area (Å²) in [7, 11) is 0. The van der Waals surface area contributed by atoms with Crippen LogP contribution in [-0.2, 0) is 0 Å². The number of para-hydroxylation sites is 1. The van der Waals surface area contributed by atoms with E-state index < -0.39 is 0 Å². The van der Waals surface area contributed by atoms with Crippen molar-refractivity contribution in [2.45, 2.75) is 0 Å². The van der Waals surface area contributed by atoms with Gasteiger partial charge >= 0.3 is 0 Å². The van der Waals surface area contributed by atoms with Gasteiger partial charge in [-0.2, -0.15) is 10.5 Å². The second-order valence-corrected chi connectivity index (χ2v) is 6.45. The molecule has 0 saturated carbocycles. The standard InChI is InChI=1S/C22H11FN6/c23-13-5-7-14(8-6-13)29-12-27-21-17(10-25)16(9-24)20(28-22(21)29)18-11-26-19-4-2-1-3-15(18)19/h1-8,11-12,26H. The minimum Gasteiger partial charge on any atom is -0.360 e. The van der Waals surface area contributed by atoms with E-state index in [9.17, 15) is 14.9 Å². The van der Waals surface area contributed by atoms with E-state index in [1.165, 1.54) is 18.5 Å². The van der Waals surface area contributed by atoms with Crippen LogP contribution in [0.15, 0.2) is 61.1 Å². The van der Waals surface area contributed by atoms with E-state index in [-0.39, 0.29) is 16.9 Å². The van der Waals surface area contributed by atoms with Gasteiger partial charge in [-0.1, -0.05) is 18.2 Å². The predicted molar refractivity (Wildman–Crippen MR) is 106 cm³/mol. The number of imidazole rings is 1. The van der Waals surface area contributed by atoms with Gasteiger partial charge in [-0.25, -0.2) is 14.4 Å². The number of hydrogen-bond donors (Lipinski definition) is 1. The summed E-state index contributed by atoms with van der Waals surface area (Å²) in [6, 6.07) is 17.8. The SMILES string of the molecule is N#Cc1c(-c2c[nH]c3ccccc23)nc2c(ncn2-c2ccc(F)cc2)c1C#N. The second kappa shape index (κ2) is 6.29. The van der Waals surface area contributed by atoms with Crippen LogP contribution < -0.4 is 0 Å². The van der Waals surface area contributed by atoms with Crippen LogP contribution >= 0.6 is 0 Å². The van der Waals surface area contributed by atoms with Crippen LogP contribution in [0.1, 0.15) is 11.1 Å². The Morgan fingerprint density at radius 2 is 1.72 bits per heavy atom. The molecule has 6 nitrogen and oxygen atoms in total. The van der Waals surface area contributed by atoms with Crippen LogP contribution in [0.4, 0.5) is 4.39 Å². The maximum absolute atomic E-state index is 13.3. The van der Waals surface area contributed by atoms with Gasteiger partial charge < -0.3 is 4.98 Å². The van der Waals surface area contributed by atoms with Gasteiger partial charge in [-0.05, 0) is 30.3 Å². The number of pyridine rings is 1. The van der Waals surface area contributed by atoms with E-state index in [1.807, 2.05) is 24.3 Å². The number of nitriles is 2. The first-order valence-electron chi connectivity index (χ1n) is 8.75. The van der Waals surface area contributed by atoms with Gasteiger partial charge in [-0.15, -0.1) is 0 Å². The minimum absolute atomic E-state index is 0.165. The number of halogens is 1. The normalized spacial score (nSPS) is 10.9. The molecule has 29 heavy (non-hydrogen) atoms. The summed E-state index contributed by atoms with van der Waals surface area (Å²) < 4.78 is 15.0. The number of hydrogen-bond acceptors (Lipinski definition) is 4. The lowest BCUT2D eigenvalue weighted by atomic mass is 10.0. The first kappa shape index (κ1) is 16.7. The van der Waals surface area contributed by atoms with Crippen molar-refractivity contribution in [2.24, 2.45) is 0 Å². The third kappa shape index (κ3) is 2.46. The summed E-state index contributed by atoms with van der Waals surface area (Å²) in [6.07, 6.45) is 3.30. The molecular weight excluding hydrogens is 367 g/mol. The zero-order valence-electron chi connectivity index (χ0n) is 14.9. The fourth-order valence-electron chi connectivity index (χ4n) is 3.49. The minimum atomic E-state index is -0.352. The summed E-state index contributed by atoms with van der Waals surface area (Å²) in [5.41, 5.74) is 3.77. The van der Waals surface area contributed by atoms with Crippen molar-refractivity contribution in [3.05, 3.63) is 78.0 Å². The molecule has 0 aliphatic carbocycles. The highest BCUT2D eigenvalue weighted by Crippen LogP contribution is 2.34. The molecule has 7 heteroatoms. The van der Waals surface area contributed by atoms with E-state index in [1.54, 1.807) is 22.9 Å². The fourth-order valence-corrected chi connectivity index (χ4v) is 3.49. The van der Waals surface area contributed by atoms with Crippen molar-refractivity contribution in [1.29, 1.82) is 10.5 Å². The average molecular weight is 378 g/mol. The number of aromatic nitrogens is 4. The van der Waals surface area contributed by atoms with Crippen LogP contribution in [0.5, 0.6) is 0 Å². The molecule has 3 heterocycles. The molecule has 0 aliphatic heterocycles. The van der Waals surface area contributed by atoms with Crippen LogP contribution in [0.2, 0.25) is 0 Å². The molecule has 2 aromatic carbocycles. The predicted octanol–water partition coefficient (Wildman–Crippen LogP) is 4.45. The van der Waals surface area contributed by atoms with E-state index >= 15 is 0 Å². The molecule has 0 fully saturated rings. The van der Waals surface area contributed by atoms with Gasteiger partial charge in [0.25, 0.3) is 0 Å². The summed E-state index contributed by atoms with van der Waals surface area (Å²) in [6.45, 7) is 0. The molecule has 3 aromatic heterocycles. The quantitative estimate of drug-likeness (QED) is 0.491. The third-order valence-electron chi connectivity index (χ3n) is 4.86. The molecule has 0 amide bonds. The number of nitrogens with one attached hydrogen (secondary N) is 1. The highest BCUT2D eigenvalue weighted by molar-refractivity contribution is 5.98. The summed E-state index contributed by atoms with van der Waals surface area (Å²) >= 11 is 0. The molecule has 1 N–H and O–H groups in total. The van der Waals surface area contributed by atoms with E-state index in [2.05, 4.69) is 22.1 Å². The highest BCUT2D eigenvalue weighted by Gasteiger charge is 2.22. The van der Waals surface area contributed by atoms with Crippen molar-refractivity contribution in [3.8, 4) is 29.1 Å². The van der Waals surface area contributed by atoms with Gasteiger partial charge in [0.2, 0.25) is 0 Å². The molecule has 0 bridgehead atoms. The van der Waals surface area contributed by atoms with Crippen molar-refractivity contribution in [3.63, 3.8) is 0 Å². The molecule has 5 aromatic rings. The monoisotopic (exact) mass is 378 g/mol. The molecule has 0 spiro atoms. The van der Waals surface area contributed by atoms with E-state index in [4.69, 9.17) is 4.98 Å². The van der Waals surface area contributed by atoms with Crippen LogP contribution in [0, 0.1) is 28.5 Å². The van der Waals surface area contributed by atoms with Crippen molar-refractivity contribution in [2.75, 3.05) is 0 Å². The molecule has 0 unspecified atom stereocenters. The summed E-state index contributed by atoms with van der Waals surface area (Å²) in [4.78, 5) is 12.2. The molecule has 136 valence electrons. The first-order valence-corrected chi connectivity index (χ1v) is 8.75. The summed E-state index contributed by atoms with van der Waals surface area (Å²) in [5, 5.41) is 20.4. The Morgan fingerprint density at radius 3 is 2.48 bits per heavy atom. The maximum atomic E-state index is 13.3. The smallest absolute Gasteiger partial charge is 0.166 e. The van der Waals surface area contributed by atoms with Crippen LogP contribution in [0.3, 0.4) is 0 Å². The number of aromatic amines is 1. The van der Waals surface area contributed by atoms with Gasteiger partial charge in [-0.3, -0.25) is 4.57 Å². The lowest BCUT2D eigenvalue weighted by molar-refractivity contribution is 0.627. The number of rotatable bonds is 2. The molecule has 0 saturated heterocycles. The number of nitrogens with zero attached hydrogens (tertiary/aromatic N) is 5. The topological polar surface area (TPSA) is 94.1 Å².